The Labute approximate surface area is 201 Å². The molecule has 1 aromatic carbocycles. The molecule has 0 saturated heterocycles. The van der Waals surface area contributed by atoms with Crippen LogP contribution in [0.3, 0.4) is 0 Å². The summed E-state index contributed by atoms with van der Waals surface area (Å²) >= 11 is 1.35. The van der Waals surface area contributed by atoms with E-state index in [2.05, 4.69) is 50.1 Å². The summed E-state index contributed by atoms with van der Waals surface area (Å²) < 4.78 is 10.5. The number of hydrogen-bond acceptors (Lipinski definition) is 6. The first-order chi connectivity index (χ1) is 15.8. The number of esters is 1. The fourth-order valence-corrected chi connectivity index (χ4v) is 4.26. The van der Waals surface area contributed by atoms with Crippen LogP contribution in [-0.2, 0) is 16.0 Å². The number of urea groups is 1. The van der Waals surface area contributed by atoms with Crippen molar-refractivity contribution in [3.05, 3.63) is 45.4 Å². The lowest BCUT2D eigenvalue weighted by atomic mass is 9.93. The highest BCUT2D eigenvalue weighted by molar-refractivity contribution is 7.09. The minimum Gasteiger partial charge on any atom is -0.461 e. The molecule has 0 spiro atoms. The minimum absolute atomic E-state index is 0.186. The van der Waals surface area contributed by atoms with Gasteiger partial charge < -0.3 is 19.7 Å². The molecule has 0 atom stereocenters. The highest BCUT2D eigenvalue weighted by Gasteiger charge is 2.21. The molecule has 8 heteroatoms. The minimum atomic E-state index is -0.445. The van der Waals surface area contributed by atoms with E-state index >= 15 is 0 Å². The second-order valence-corrected chi connectivity index (χ2v) is 9.31. The highest BCUT2D eigenvalue weighted by atomic mass is 32.1. The Balaban J connectivity index is 2.25. The van der Waals surface area contributed by atoms with Crippen molar-refractivity contribution in [1.29, 1.82) is 0 Å². The van der Waals surface area contributed by atoms with Crippen LogP contribution in [0.5, 0.6) is 0 Å². The van der Waals surface area contributed by atoms with Gasteiger partial charge in [-0.05, 0) is 43.2 Å². The number of hydrogen-bond donors (Lipinski definition) is 1. The van der Waals surface area contributed by atoms with E-state index in [1.165, 1.54) is 11.3 Å². The van der Waals surface area contributed by atoms with Crippen LogP contribution >= 0.6 is 11.3 Å². The van der Waals surface area contributed by atoms with E-state index in [1.54, 1.807) is 17.2 Å². The molecule has 2 aromatic rings. The molecule has 1 N–H and O–H groups in total. The molecule has 1 aromatic heterocycles. The second kappa shape index (κ2) is 13.3. The summed E-state index contributed by atoms with van der Waals surface area (Å²) in [7, 11) is 0. The molecule has 0 aliphatic carbocycles. The first-order valence-electron chi connectivity index (χ1n) is 11.7. The van der Waals surface area contributed by atoms with Crippen molar-refractivity contribution in [3.8, 4) is 0 Å². The maximum Gasteiger partial charge on any atom is 0.357 e. The molecule has 33 heavy (non-hydrogen) atoms. The zero-order valence-electron chi connectivity index (χ0n) is 20.6. The molecule has 2 rings (SSSR count). The van der Waals surface area contributed by atoms with Gasteiger partial charge in [-0.25, -0.2) is 14.6 Å². The van der Waals surface area contributed by atoms with E-state index in [4.69, 9.17) is 9.47 Å². The van der Waals surface area contributed by atoms with Crippen molar-refractivity contribution < 1.29 is 19.1 Å². The second-order valence-electron chi connectivity index (χ2n) is 8.37. The summed E-state index contributed by atoms with van der Waals surface area (Å²) in [4.78, 5) is 31.5. The summed E-state index contributed by atoms with van der Waals surface area (Å²) in [6, 6.07) is 6.00. The van der Waals surface area contributed by atoms with Gasteiger partial charge in [0.25, 0.3) is 0 Å². The van der Waals surface area contributed by atoms with Crippen molar-refractivity contribution >= 4 is 29.0 Å². The monoisotopic (exact) mass is 475 g/mol. The van der Waals surface area contributed by atoms with Crippen LogP contribution in [0, 0.1) is 0 Å². The van der Waals surface area contributed by atoms with Gasteiger partial charge in [-0.2, -0.15) is 0 Å². The number of para-hydroxylation sites is 1. The van der Waals surface area contributed by atoms with Crippen molar-refractivity contribution in [2.24, 2.45) is 0 Å². The van der Waals surface area contributed by atoms with Crippen LogP contribution in [0.1, 0.15) is 86.4 Å². The highest BCUT2D eigenvalue weighted by Crippen LogP contribution is 2.32. The van der Waals surface area contributed by atoms with Crippen LogP contribution in [0.2, 0.25) is 0 Å². The number of ether oxygens (including phenoxy) is 2. The summed E-state index contributed by atoms with van der Waals surface area (Å²) in [6.45, 7) is 14.6. The fourth-order valence-electron chi connectivity index (χ4n) is 3.48. The number of benzene rings is 1. The van der Waals surface area contributed by atoms with Gasteiger partial charge in [0, 0.05) is 30.8 Å². The molecular weight excluding hydrogens is 438 g/mol. The third-order valence-electron chi connectivity index (χ3n) is 5.18. The molecule has 0 aliphatic heterocycles. The van der Waals surface area contributed by atoms with Crippen molar-refractivity contribution in [2.75, 3.05) is 31.7 Å². The van der Waals surface area contributed by atoms with Crippen LogP contribution in [0.25, 0.3) is 0 Å². The number of carbonyl (C=O) groups excluding carboxylic acids is 2. The number of nitrogens with one attached hydrogen (secondary N) is 1. The Bertz CT molecular complexity index is 885. The number of aromatic nitrogens is 1. The summed E-state index contributed by atoms with van der Waals surface area (Å²) in [5.41, 5.74) is 3.39. The quantitative estimate of drug-likeness (QED) is 0.299. The van der Waals surface area contributed by atoms with Gasteiger partial charge in [-0.1, -0.05) is 45.9 Å². The normalized spacial score (nSPS) is 11.2. The Kier molecular flexibility index (Phi) is 10.8. The van der Waals surface area contributed by atoms with Crippen molar-refractivity contribution in [2.45, 2.75) is 66.3 Å². The van der Waals surface area contributed by atoms with Gasteiger partial charge in [0.05, 0.1) is 13.2 Å². The molecule has 182 valence electrons. The molecule has 2 amide bonds. The predicted molar refractivity (Wildman–Crippen MR) is 133 cm³/mol. The third kappa shape index (κ3) is 7.82. The van der Waals surface area contributed by atoms with Gasteiger partial charge >= 0.3 is 12.0 Å². The molecular formula is C25H37N3O4S. The van der Waals surface area contributed by atoms with E-state index < -0.39 is 5.97 Å². The lowest BCUT2D eigenvalue weighted by Gasteiger charge is -2.25. The number of amides is 2. The molecule has 7 nitrogen and oxygen atoms in total. The Morgan fingerprint density at radius 3 is 2.33 bits per heavy atom. The lowest BCUT2D eigenvalue weighted by molar-refractivity contribution is 0.0520. The summed E-state index contributed by atoms with van der Waals surface area (Å²) in [6.07, 6.45) is 0.709. The third-order valence-corrected chi connectivity index (χ3v) is 6.01. The van der Waals surface area contributed by atoms with E-state index in [1.807, 2.05) is 13.0 Å². The Morgan fingerprint density at radius 1 is 1.09 bits per heavy atom. The molecule has 0 saturated carbocycles. The van der Waals surface area contributed by atoms with Crippen LogP contribution in [-0.4, -0.2) is 48.2 Å². The van der Waals surface area contributed by atoms with E-state index in [0.29, 0.717) is 44.3 Å². The molecule has 0 aliphatic rings. The van der Waals surface area contributed by atoms with Crippen LogP contribution in [0.15, 0.2) is 23.6 Å². The predicted octanol–water partition coefficient (Wildman–Crippen LogP) is 6.03. The van der Waals surface area contributed by atoms with Crippen LogP contribution < -0.4 is 5.32 Å². The fraction of sp³-hybridized carbons (Fsp3) is 0.560. The van der Waals surface area contributed by atoms with Gasteiger partial charge in [0.1, 0.15) is 5.01 Å². The van der Waals surface area contributed by atoms with Crippen molar-refractivity contribution in [1.82, 2.24) is 9.88 Å². The standard InChI is InChI=1S/C25H37N3O4S/c1-7-31-14-10-13-28(15-22-26-21(16-33-22)24(29)32-8-2)25(30)27-23-19(17(3)4)11-9-12-20(23)18(5)6/h9,11-12,16-18H,7-8,10,13-15H2,1-6H3,(H,27,30). The number of rotatable bonds is 12. The first-order valence-corrected chi connectivity index (χ1v) is 12.5. The molecule has 0 radical (unpaired) electrons. The van der Waals surface area contributed by atoms with Crippen molar-refractivity contribution in [3.63, 3.8) is 0 Å². The summed E-state index contributed by atoms with van der Waals surface area (Å²) in [5, 5.41) is 5.55. The zero-order chi connectivity index (χ0) is 24.4. The number of carbonyl (C=O) groups is 2. The Hall–Kier alpha value is -2.45. The topological polar surface area (TPSA) is 80.8 Å². The molecule has 0 unspecified atom stereocenters. The summed E-state index contributed by atoms with van der Waals surface area (Å²) in [5.74, 6) is 0.104. The molecule has 0 bridgehead atoms. The number of thiazole rings is 1. The zero-order valence-corrected chi connectivity index (χ0v) is 21.5. The average molecular weight is 476 g/mol. The smallest absolute Gasteiger partial charge is 0.357 e. The lowest BCUT2D eigenvalue weighted by Crippen LogP contribution is -2.36. The van der Waals surface area contributed by atoms with E-state index in [0.717, 1.165) is 16.8 Å². The number of anilines is 1. The Morgan fingerprint density at radius 2 is 1.76 bits per heavy atom. The van der Waals surface area contributed by atoms with Gasteiger partial charge in [-0.15, -0.1) is 11.3 Å². The molecule has 0 fully saturated rings. The van der Waals surface area contributed by atoms with Gasteiger partial charge in [0.2, 0.25) is 0 Å². The maximum atomic E-state index is 13.4. The average Bonchev–Trinajstić information content (AvgIpc) is 3.24. The SMILES string of the molecule is CCOCCCN(Cc1nc(C(=O)OCC)cs1)C(=O)Nc1c(C(C)C)cccc1C(C)C. The van der Waals surface area contributed by atoms with E-state index in [9.17, 15) is 9.59 Å². The van der Waals surface area contributed by atoms with Crippen LogP contribution in [0.4, 0.5) is 10.5 Å². The number of nitrogens with zero attached hydrogens (tertiary/aromatic N) is 2. The first kappa shape index (κ1) is 26.8. The van der Waals surface area contributed by atoms with Gasteiger partial charge in [-0.3, -0.25) is 0 Å². The van der Waals surface area contributed by atoms with E-state index in [-0.39, 0.29) is 23.6 Å². The largest absolute Gasteiger partial charge is 0.461 e. The maximum absolute atomic E-state index is 13.4. The van der Waals surface area contributed by atoms with Gasteiger partial charge in [0.15, 0.2) is 5.69 Å². The molecule has 1 heterocycles.